The largest absolute Gasteiger partial charge is 0.369 e. The van der Waals surface area contributed by atoms with Gasteiger partial charge in [-0.3, -0.25) is 0 Å². The molecule has 0 bridgehead atoms. The first kappa shape index (κ1) is 13.1. The SMILES string of the molecule is CCn1nc(C)nc1-c1ccc(N2CCNCC2)cc1. The zero-order chi connectivity index (χ0) is 13.9. The second kappa shape index (κ2) is 5.63. The fraction of sp³-hybridized carbons (Fsp3) is 0.467. The van der Waals surface area contributed by atoms with E-state index in [-0.39, 0.29) is 0 Å². The lowest BCUT2D eigenvalue weighted by Gasteiger charge is -2.29. The molecule has 2 aromatic rings. The van der Waals surface area contributed by atoms with Crippen molar-refractivity contribution in [3.8, 4) is 11.4 Å². The highest BCUT2D eigenvalue weighted by molar-refractivity contribution is 5.60. The second-order valence-corrected chi connectivity index (χ2v) is 5.08. The molecule has 0 saturated carbocycles. The lowest BCUT2D eigenvalue weighted by atomic mass is 10.1. The van der Waals surface area contributed by atoms with Crippen LogP contribution in [0.2, 0.25) is 0 Å². The minimum Gasteiger partial charge on any atom is -0.369 e. The average Bonchev–Trinajstić information content (AvgIpc) is 2.89. The quantitative estimate of drug-likeness (QED) is 0.922. The van der Waals surface area contributed by atoms with Gasteiger partial charge in [-0.2, -0.15) is 5.10 Å². The minimum atomic E-state index is 0.827. The molecular weight excluding hydrogens is 250 g/mol. The predicted molar refractivity (Wildman–Crippen MR) is 81.0 cm³/mol. The van der Waals surface area contributed by atoms with Gasteiger partial charge in [-0.05, 0) is 38.1 Å². The zero-order valence-corrected chi connectivity index (χ0v) is 12.1. The Kier molecular flexibility index (Phi) is 3.69. The van der Waals surface area contributed by atoms with E-state index in [9.17, 15) is 0 Å². The maximum atomic E-state index is 4.52. The van der Waals surface area contributed by atoms with Crippen molar-refractivity contribution in [3.05, 3.63) is 30.1 Å². The number of anilines is 1. The Morgan fingerprint density at radius 3 is 2.50 bits per heavy atom. The van der Waals surface area contributed by atoms with Gasteiger partial charge in [0.2, 0.25) is 0 Å². The third-order valence-electron chi connectivity index (χ3n) is 3.68. The standard InChI is InChI=1S/C15H21N5/c1-3-20-15(17-12(2)18-20)13-4-6-14(7-5-13)19-10-8-16-9-11-19/h4-7,16H,3,8-11H2,1-2H3. The highest BCUT2D eigenvalue weighted by Gasteiger charge is 2.12. The monoisotopic (exact) mass is 271 g/mol. The Bertz CT molecular complexity index is 566. The van der Waals surface area contributed by atoms with Gasteiger partial charge in [0.1, 0.15) is 5.82 Å². The summed E-state index contributed by atoms with van der Waals surface area (Å²) in [6, 6.07) is 8.66. The van der Waals surface area contributed by atoms with Gasteiger partial charge in [0.15, 0.2) is 5.82 Å². The lowest BCUT2D eigenvalue weighted by Crippen LogP contribution is -2.43. The number of aryl methyl sites for hydroxylation is 2. The summed E-state index contributed by atoms with van der Waals surface area (Å²) in [7, 11) is 0. The molecule has 106 valence electrons. The molecule has 1 N–H and O–H groups in total. The van der Waals surface area contributed by atoms with Crippen molar-refractivity contribution in [1.29, 1.82) is 0 Å². The summed E-state index contributed by atoms with van der Waals surface area (Å²) < 4.78 is 1.95. The number of aromatic nitrogens is 3. The van der Waals surface area contributed by atoms with Crippen LogP contribution in [-0.2, 0) is 6.54 Å². The molecule has 0 radical (unpaired) electrons. The Morgan fingerprint density at radius 1 is 1.15 bits per heavy atom. The Labute approximate surface area is 119 Å². The molecule has 1 aliphatic rings. The van der Waals surface area contributed by atoms with Crippen LogP contribution in [0.25, 0.3) is 11.4 Å². The summed E-state index contributed by atoms with van der Waals surface area (Å²) in [5.41, 5.74) is 2.42. The topological polar surface area (TPSA) is 46.0 Å². The zero-order valence-electron chi connectivity index (χ0n) is 12.1. The summed E-state index contributed by atoms with van der Waals surface area (Å²) in [5.74, 6) is 1.78. The van der Waals surface area contributed by atoms with E-state index in [1.807, 2.05) is 11.6 Å². The molecule has 1 fully saturated rings. The molecule has 5 heteroatoms. The highest BCUT2D eigenvalue weighted by Crippen LogP contribution is 2.22. The summed E-state index contributed by atoms with van der Waals surface area (Å²) >= 11 is 0. The maximum Gasteiger partial charge on any atom is 0.158 e. The molecule has 0 unspecified atom stereocenters. The number of piperazine rings is 1. The summed E-state index contributed by atoms with van der Waals surface area (Å²) in [6.45, 7) is 9.14. The van der Waals surface area contributed by atoms with E-state index in [0.29, 0.717) is 0 Å². The fourth-order valence-electron chi connectivity index (χ4n) is 2.63. The van der Waals surface area contributed by atoms with E-state index in [4.69, 9.17) is 0 Å². The van der Waals surface area contributed by atoms with Gasteiger partial charge >= 0.3 is 0 Å². The number of nitrogens with one attached hydrogen (secondary N) is 1. The van der Waals surface area contributed by atoms with Gasteiger partial charge < -0.3 is 10.2 Å². The van der Waals surface area contributed by atoms with Gasteiger partial charge in [-0.25, -0.2) is 9.67 Å². The van der Waals surface area contributed by atoms with Crippen molar-refractivity contribution in [3.63, 3.8) is 0 Å². The molecule has 0 spiro atoms. The molecule has 0 atom stereocenters. The average molecular weight is 271 g/mol. The van der Waals surface area contributed by atoms with Crippen molar-refractivity contribution >= 4 is 5.69 Å². The van der Waals surface area contributed by atoms with Crippen LogP contribution < -0.4 is 10.2 Å². The third kappa shape index (κ3) is 2.54. The molecule has 1 aromatic heterocycles. The molecule has 0 amide bonds. The number of rotatable bonds is 3. The molecule has 20 heavy (non-hydrogen) atoms. The molecule has 2 heterocycles. The van der Waals surface area contributed by atoms with E-state index in [0.717, 1.165) is 49.9 Å². The van der Waals surface area contributed by atoms with Crippen LogP contribution >= 0.6 is 0 Å². The van der Waals surface area contributed by atoms with E-state index in [1.165, 1.54) is 5.69 Å². The van der Waals surface area contributed by atoms with Crippen LogP contribution in [0, 0.1) is 6.92 Å². The van der Waals surface area contributed by atoms with Gasteiger partial charge in [-0.1, -0.05) is 0 Å². The first-order chi connectivity index (χ1) is 9.78. The molecule has 1 aromatic carbocycles. The molecule has 3 rings (SSSR count). The first-order valence-electron chi connectivity index (χ1n) is 7.25. The maximum absolute atomic E-state index is 4.52. The smallest absolute Gasteiger partial charge is 0.158 e. The van der Waals surface area contributed by atoms with Crippen molar-refractivity contribution in [2.24, 2.45) is 0 Å². The predicted octanol–water partition coefficient (Wildman–Crippen LogP) is 1.68. The Hall–Kier alpha value is -1.88. The fourth-order valence-corrected chi connectivity index (χ4v) is 2.63. The molecular formula is C15H21N5. The van der Waals surface area contributed by atoms with Crippen molar-refractivity contribution < 1.29 is 0 Å². The Balaban J connectivity index is 1.85. The summed E-state index contributed by atoms with van der Waals surface area (Å²) in [4.78, 5) is 6.93. The number of nitrogens with zero attached hydrogens (tertiary/aromatic N) is 4. The molecule has 5 nitrogen and oxygen atoms in total. The van der Waals surface area contributed by atoms with E-state index in [2.05, 4.69) is 51.5 Å². The van der Waals surface area contributed by atoms with E-state index in [1.54, 1.807) is 0 Å². The van der Waals surface area contributed by atoms with Crippen molar-refractivity contribution in [2.75, 3.05) is 31.1 Å². The first-order valence-corrected chi connectivity index (χ1v) is 7.25. The van der Waals surface area contributed by atoms with E-state index >= 15 is 0 Å². The normalized spacial score (nSPS) is 15.6. The molecule has 1 saturated heterocycles. The highest BCUT2D eigenvalue weighted by atomic mass is 15.3. The van der Waals surface area contributed by atoms with Crippen molar-refractivity contribution in [2.45, 2.75) is 20.4 Å². The number of benzene rings is 1. The van der Waals surface area contributed by atoms with Gasteiger partial charge in [0, 0.05) is 44.0 Å². The van der Waals surface area contributed by atoms with Gasteiger partial charge in [0.25, 0.3) is 0 Å². The van der Waals surface area contributed by atoms with Crippen LogP contribution in [0.5, 0.6) is 0 Å². The van der Waals surface area contributed by atoms with Crippen LogP contribution in [0.15, 0.2) is 24.3 Å². The number of hydrogen-bond acceptors (Lipinski definition) is 4. The minimum absolute atomic E-state index is 0.827. The van der Waals surface area contributed by atoms with Crippen LogP contribution in [-0.4, -0.2) is 40.9 Å². The van der Waals surface area contributed by atoms with Crippen LogP contribution in [0.1, 0.15) is 12.7 Å². The molecule has 0 aliphatic carbocycles. The van der Waals surface area contributed by atoms with E-state index < -0.39 is 0 Å². The summed E-state index contributed by atoms with van der Waals surface area (Å²) in [5, 5.41) is 7.78. The number of hydrogen-bond donors (Lipinski definition) is 1. The lowest BCUT2D eigenvalue weighted by molar-refractivity contribution is 0.589. The second-order valence-electron chi connectivity index (χ2n) is 5.08. The molecule has 1 aliphatic heterocycles. The van der Waals surface area contributed by atoms with Gasteiger partial charge in [-0.15, -0.1) is 0 Å². The third-order valence-corrected chi connectivity index (χ3v) is 3.68. The Morgan fingerprint density at radius 2 is 1.85 bits per heavy atom. The summed E-state index contributed by atoms with van der Waals surface area (Å²) in [6.07, 6.45) is 0. The van der Waals surface area contributed by atoms with Crippen molar-refractivity contribution in [1.82, 2.24) is 20.1 Å². The van der Waals surface area contributed by atoms with Crippen LogP contribution in [0.4, 0.5) is 5.69 Å². The van der Waals surface area contributed by atoms with Crippen LogP contribution in [0.3, 0.4) is 0 Å². The van der Waals surface area contributed by atoms with Gasteiger partial charge in [0.05, 0.1) is 0 Å².